The molecule has 2 aliphatic rings. The molecule has 0 radical (unpaired) electrons. The summed E-state index contributed by atoms with van der Waals surface area (Å²) in [5.41, 5.74) is 0. The minimum atomic E-state index is -2.49. The maximum Gasteiger partial charge on any atom is 0.250 e. The van der Waals surface area contributed by atoms with Gasteiger partial charge >= 0.3 is 0 Å². The standard InChI is InChI=1S/C6H8F2OS.C4H5BrF2/c1-4(9)10-5-2-6(7,8)3-5;5-3-1-4(6,7)2-3/h5H,2-3H2,1H3;3H,1-2H2. The highest BCUT2D eigenvalue weighted by molar-refractivity contribution is 9.09. The van der Waals surface area contributed by atoms with Gasteiger partial charge in [0.15, 0.2) is 5.12 Å². The molecular formula is C10H13BrF4OS. The Balaban J connectivity index is 0.000000181. The Bertz CT molecular complexity index is 282. The van der Waals surface area contributed by atoms with E-state index in [9.17, 15) is 22.4 Å². The number of thioether (sulfide) groups is 1. The zero-order valence-electron chi connectivity index (χ0n) is 9.19. The van der Waals surface area contributed by atoms with E-state index in [1.807, 2.05) is 0 Å². The van der Waals surface area contributed by atoms with Gasteiger partial charge in [-0.05, 0) is 0 Å². The van der Waals surface area contributed by atoms with Crippen molar-refractivity contribution in [3.8, 4) is 0 Å². The largest absolute Gasteiger partial charge is 0.288 e. The Morgan fingerprint density at radius 2 is 1.53 bits per heavy atom. The molecule has 0 spiro atoms. The van der Waals surface area contributed by atoms with Crippen LogP contribution < -0.4 is 0 Å². The van der Waals surface area contributed by atoms with Crippen LogP contribution in [0.4, 0.5) is 17.6 Å². The van der Waals surface area contributed by atoms with E-state index in [0.717, 1.165) is 11.8 Å². The quantitative estimate of drug-likeness (QED) is 0.526. The Hall–Kier alpha value is 0.220. The molecule has 0 amide bonds. The second-order valence-electron chi connectivity index (χ2n) is 4.36. The van der Waals surface area contributed by atoms with Crippen LogP contribution in [0.25, 0.3) is 0 Å². The summed E-state index contributed by atoms with van der Waals surface area (Å²) in [6.45, 7) is 1.40. The maximum absolute atomic E-state index is 12.1. The number of carbonyl (C=O) groups is 1. The molecule has 0 aromatic rings. The van der Waals surface area contributed by atoms with Gasteiger partial charge in [-0.3, -0.25) is 4.79 Å². The Morgan fingerprint density at radius 1 is 1.12 bits per heavy atom. The molecule has 0 atom stereocenters. The van der Waals surface area contributed by atoms with Crippen molar-refractivity contribution in [3.63, 3.8) is 0 Å². The minimum absolute atomic E-state index is 0.0208. The molecule has 0 heterocycles. The van der Waals surface area contributed by atoms with Crippen molar-refractivity contribution in [2.24, 2.45) is 0 Å². The number of hydrogen-bond donors (Lipinski definition) is 0. The Labute approximate surface area is 110 Å². The molecule has 2 fully saturated rings. The number of halogens is 5. The van der Waals surface area contributed by atoms with Gasteiger partial charge in [0.1, 0.15) is 0 Å². The molecule has 100 valence electrons. The van der Waals surface area contributed by atoms with Crippen molar-refractivity contribution >= 4 is 32.8 Å². The highest BCUT2D eigenvalue weighted by atomic mass is 79.9. The topological polar surface area (TPSA) is 17.1 Å². The normalized spacial score (nSPS) is 26.2. The van der Waals surface area contributed by atoms with Gasteiger partial charge in [0.05, 0.1) is 0 Å². The third kappa shape index (κ3) is 5.59. The van der Waals surface area contributed by atoms with Crippen LogP contribution in [0.5, 0.6) is 0 Å². The number of hydrogen-bond acceptors (Lipinski definition) is 2. The Kier molecular flexibility index (Phi) is 4.91. The summed E-state index contributed by atoms with van der Waals surface area (Å²) in [6.07, 6.45) is -0.214. The lowest BCUT2D eigenvalue weighted by atomic mass is 9.94. The third-order valence-corrected chi connectivity index (χ3v) is 4.07. The molecule has 1 nitrogen and oxygen atoms in total. The van der Waals surface area contributed by atoms with E-state index in [-0.39, 0.29) is 40.9 Å². The number of carbonyl (C=O) groups excluding carboxylic acids is 1. The first kappa shape index (κ1) is 15.3. The average Bonchev–Trinajstić information content (AvgIpc) is 1.96. The molecular weight excluding hydrogens is 324 g/mol. The van der Waals surface area contributed by atoms with Crippen LogP contribution in [-0.4, -0.2) is 27.0 Å². The van der Waals surface area contributed by atoms with Crippen molar-refractivity contribution in [1.29, 1.82) is 0 Å². The average molecular weight is 337 g/mol. The van der Waals surface area contributed by atoms with Crippen LogP contribution >= 0.6 is 27.7 Å². The predicted molar refractivity (Wildman–Crippen MR) is 63.1 cm³/mol. The molecule has 0 saturated heterocycles. The summed E-state index contributed by atoms with van der Waals surface area (Å²) >= 11 is 4.08. The molecule has 2 aliphatic carbocycles. The monoisotopic (exact) mass is 336 g/mol. The van der Waals surface area contributed by atoms with Crippen molar-refractivity contribution in [2.75, 3.05) is 0 Å². The molecule has 0 aromatic carbocycles. The van der Waals surface area contributed by atoms with E-state index >= 15 is 0 Å². The highest BCUT2D eigenvalue weighted by Gasteiger charge is 2.46. The van der Waals surface area contributed by atoms with Gasteiger partial charge in [-0.1, -0.05) is 27.7 Å². The molecule has 0 aromatic heterocycles. The predicted octanol–water partition coefficient (Wildman–Crippen LogP) is 4.24. The maximum atomic E-state index is 12.1. The van der Waals surface area contributed by atoms with E-state index in [1.165, 1.54) is 6.92 Å². The molecule has 2 saturated carbocycles. The molecule has 17 heavy (non-hydrogen) atoms. The fourth-order valence-electron chi connectivity index (χ4n) is 1.51. The van der Waals surface area contributed by atoms with Crippen molar-refractivity contribution in [3.05, 3.63) is 0 Å². The zero-order valence-corrected chi connectivity index (χ0v) is 11.6. The molecule has 0 unspecified atom stereocenters. The van der Waals surface area contributed by atoms with E-state index in [1.54, 1.807) is 0 Å². The van der Waals surface area contributed by atoms with Gasteiger partial charge in [-0.2, -0.15) is 0 Å². The third-order valence-electron chi connectivity index (χ3n) is 2.43. The van der Waals surface area contributed by atoms with Crippen LogP contribution in [0.3, 0.4) is 0 Å². The lowest BCUT2D eigenvalue weighted by molar-refractivity contribution is -0.109. The van der Waals surface area contributed by atoms with Crippen LogP contribution in [0, 0.1) is 0 Å². The smallest absolute Gasteiger partial charge is 0.250 e. The van der Waals surface area contributed by atoms with Crippen LogP contribution in [0.2, 0.25) is 0 Å². The van der Waals surface area contributed by atoms with Gasteiger partial charge in [-0.25, -0.2) is 17.6 Å². The molecule has 0 N–H and O–H groups in total. The van der Waals surface area contributed by atoms with Gasteiger partial charge in [-0.15, -0.1) is 0 Å². The van der Waals surface area contributed by atoms with Crippen molar-refractivity contribution < 1.29 is 22.4 Å². The van der Waals surface area contributed by atoms with Gasteiger partial charge < -0.3 is 0 Å². The minimum Gasteiger partial charge on any atom is -0.288 e. The fourth-order valence-corrected chi connectivity index (χ4v) is 3.58. The van der Waals surface area contributed by atoms with Crippen LogP contribution in [0.1, 0.15) is 32.6 Å². The van der Waals surface area contributed by atoms with Crippen LogP contribution in [-0.2, 0) is 4.79 Å². The summed E-state index contributed by atoms with van der Waals surface area (Å²) in [5, 5.41) is -0.201. The van der Waals surface area contributed by atoms with Gasteiger partial charge in [0.2, 0.25) is 11.8 Å². The lowest BCUT2D eigenvalue weighted by Crippen LogP contribution is -2.37. The van der Waals surface area contributed by atoms with Gasteiger partial charge in [0.25, 0.3) is 0 Å². The molecule has 2 rings (SSSR count). The second kappa shape index (κ2) is 5.47. The summed E-state index contributed by atoms with van der Waals surface area (Å²) in [5.74, 6) is -4.85. The number of rotatable bonds is 1. The summed E-state index contributed by atoms with van der Waals surface area (Å²) in [6, 6.07) is 0. The van der Waals surface area contributed by atoms with Crippen molar-refractivity contribution in [2.45, 2.75) is 54.5 Å². The lowest BCUT2D eigenvalue weighted by Gasteiger charge is -2.33. The van der Waals surface area contributed by atoms with Gasteiger partial charge in [0, 0.05) is 42.7 Å². The number of alkyl halides is 5. The van der Waals surface area contributed by atoms with Crippen molar-refractivity contribution in [1.82, 2.24) is 0 Å². The molecule has 0 aliphatic heterocycles. The van der Waals surface area contributed by atoms with Crippen LogP contribution in [0.15, 0.2) is 0 Å². The molecule has 0 bridgehead atoms. The Morgan fingerprint density at radius 3 is 1.71 bits per heavy atom. The highest BCUT2D eigenvalue weighted by Crippen LogP contribution is 2.44. The summed E-state index contributed by atoms with van der Waals surface area (Å²) < 4.78 is 47.7. The first-order valence-electron chi connectivity index (χ1n) is 5.17. The molecule has 7 heteroatoms. The summed E-state index contributed by atoms with van der Waals surface area (Å²) in [4.78, 5) is 10.4. The SMILES string of the molecule is CC(=O)SC1CC(F)(F)C1.FC1(F)CC(Br)C1. The fraction of sp³-hybridized carbons (Fsp3) is 0.900. The van der Waals surface area contributed by atoms with E-state index < -0.39 is 11.8 Å². The first-order chi connectivity index (χ1) is 7.60. The van der Waals surface area contributed by atoms with E-state index in [0.29, 0.717) is 0 Å². The van der Waals surface area contributed by atoms with E-state index in [2.05, 4.69) is 15.9 Å². The zero-order chi connectivity index (χ0) is 13.3. The van der Waals surface area contributed by atoms with E-state index in [4.69, 9.17) is 0 Å². The second-order valence-corrected chi connectivity index (χ2v) is 7.13. The summed E-state index contributed by atoms with van der Waals surface area (Å²) in [7, 11) is 0. The first-order valence-corrected chi connectivity index (χ1v) is 6.96.